The van der Waals surface area contributed by atoms with E-state index >= 15 is 0 Å². The van der Waals surface area contributed by atoms with Gasteiger partial charge in [-0.2, -0.15) is 0 Å². The molecule has 3 heteroatoms. The van der Waals surface area contributed by atoms with E-state index in [1.165, 1.54) is 0 Å². The first kappa shape index (κ1) is 18.1. The van der Waals surface area contributed by atoms with Crippen molar-refractivity contribution in [1.82, 2.24) is 0 Å². The summed E-state index contributed by atoms with van der Waals surface area (Å²) in [5.41, 5.74) is 4.15. The summed E-state index contributed by atoms with van der Waals surface area (Å²) < 4.78 is 5.96. The zero-order valence-corrected chi connectivity index (χ0v) is 15.2. The van der Waals surface area contributed by atoms with Gasteiger partial charge in [0, 0.05) is 5.69 Å². The number of benzene rings is 2. The van der Waals surface area contributed by atoms with Gasteiger partial charge in [0.05, 0.1) is 0 Å². The van der Waals surface area contributed by atoms with Crippen molar-refractivity contribution in [3.8, 4) is 5.75 Å². The van der Waals surface area contributed by atoms with Gasteiger partial charge in [-0.05, 0) is 48.9 Å². The quantitative estimate of drug-likeness (QED) is 0.790. The normalized spacial score (nSPS) is 12.1. The minimum atomic E-state index is -0.509. The van der Waals surface area contributed by atoms with Gasteiger partial charge < -0.3 is 10.1 Å². The van der Waals surface area contributed by atoms with Crippen LogP contribution in [-0.4, -0.2) is 12.0 Å². The van der Waals surface area contributed by atoms with E-state index in [0.717, 1.165) is 28.1 Å². The minimum absolute atomic E-state index is 0.100. The van der Waals surface area contributed by atoms with Gasteiger partial charge >= 0.3 is 0 Å². The third-order valence-electron chi connectivity index (χ3n) is 4.20. The fourth-order valence-corrected chi connectivity index (χ4v) is 2.71. The average molecular weight is 325 g/mol. The summed E-state index contributed by atoms with van der Waals surface area (Å²) in [6.45, 7) is 10.2. The Morgan fingerprint density at radius 1 is 1.04 bits per heavy atom. The molecule has 1 N–H and O–H groups in total. The van der Waals surface area contributed by atoms with Crippen molar-refractivity contribution < 1.29 is 9.53 Å². The fourth-order valence-electron chi connectivity index (χ4n) is 2.71. The van der Waals surface area contributed by atoms with Crippen LogP contribution in [0.15, 0.2) is 42.5 Å². The van der Waals surface area contributed by atoms with Crippen molar-refractivity contribution in [2.75, 3.05) is 5.32 Å². The van der Waals surface area contributed by atoms with Gasteiger partial charge in [-0.3, -0.25) is 4.79 Å². The van der Waals surface area contributed by atoms with Crippen molar-refractivity contribution in [1.29, 1.82) is 0 Å². The van der Waals surface area contributed by atoms with Crippen LogP contribution in [-0.2, 0) is 4.79 Å². The first-order valence-electron chi connectivity index (χ1n) is 8.56. The number of rotatable bonds is 6. The third kappa shape index (κ3) is 4.16. The van der Waals surface area contributed by atoms with Gasteiger partial charge in [-0.1, -0.05) is 57.2 Å². The van der Waals surface area contributed by atoms with Gasteiger partial charge in [0.15, 0.2) is 6.10 Å². The number of hydrogen-bond acceptors (Lipinski definition) is 2. The summed E-state index contributed by atoms with van der Waals surface area (Å²) in [5, 5.41) is 3.09. The molecule has 128 valence electrons. The Hall–Kier alpha value is -2.29. The summed E-state index contributed by atoms with van der Waals surface area (Å²) in [5.74, 6) is 1.00. The molecule has 0 fully saturated rings. The predicted molar refractivity (Wildman–Crippen MR) is 99.8 cm³/mol. The van der Waals surface area contributed by atoms with Crippen LogP contribution in [0.3, 0.4) is 0 Å². The zero-order valence-electron chi connectivity index (χ0n) is 15.2. The number of hydrogen-bond donors (Lipinski definition) is 1. The maximum Gasteiger partial charge on any atom is 0.265 e. The lowest BCUT2D eigenvalue weighted by atomic mass is 9.98. The smallest absolute Gasteiger partial charge is 0.265 e. The SMILES string of the molecule is CCC(Oc1ccccc1C)C(=O)Nc1c(C)cccc1C(C)C. The number of carbonyl (C=O) groups excluding carboxylic acids is 1. The number of aryl methyl sites for hydroxylation is 2. The number of ether oxygens (including phenoxy) is 1. The van der Waals surface area contributed by atoms with E-state index in [2.05, 4.69) is 25.2 Å². The van der Waals surface area contributed by atoms with Crippen molar-refractivity contribution in [2.45, 2.75) is 53.1 Å². The lowest BCUT2D eigenvalue weighted by Gasteiger charge is -2.21. The van der Waals surface area contributed by atoms with E-state index in [1.54, 1.807) is 0 Å². The van der Waals surface area contributed by atoms with E-state index in [9.17, 15) is 4.79 Å². The van der Waals surface area contributed by atoms with Crippen LogP contribution < -0.4 is 10.1 Å². The van der Waals surface area contributed by atoms with Crippen LogP contribution >= 0.6 is 0 Å². The molecule has 0 aliphatic carbocycles. The molecule has 2 aromatic carbocycles. The number of carbonyl (C=O) groups is 1. The maximum absolute atomic E-state index is 12.8. The highest BCUT2D eigenvalue weighted by Gasteiger charge is 2.21. The van der Waals surface area contributed by atoms with Crippen LogP contribution in [0.25, 0.3) is 0 Å². The van der Waals surface area contributed by atoms with Crippen molar-refractivity contribution in [2.24, 2.45) is 0 Å². The minimum Gasteiger partial charge on any atom is -0.480 e. The molecule has 0 spiro atoms. The van der Waals surface area contributed by atoms with E-state index in [0.29, 0.717) is 12.3 Å². The third-order valence-corrected chi connectivity index (χ3v) is 4.20. The molecule has 0 heterocycles. The van der Waals surface area contributed by atoms with E-state index < -0.39 is 6.10 Å². The van der Waals surface area contributed by atoms with E-state index in [4.69, 9.17) is 4.74 Å². The summed E-state index contributed by atoms with van der Waals surface area (Å²) in [7, 11) is 0. The molecule has 0 aromatic heterocycles. The Morgan fingerprint density at radius 3 is 2.33 bits per heavy atom. The largest absolute Gasteiger partial charge is 0.480 e. The first-order valence-corrected chi connectivity index (χ1v) is 8.56. The van der Waals surface area contributed by atoms with Crippen molar-refractivity contribution >= 4 is 11.6 Å². The van der Waals surface area contributed by atoms with E-state index in [1.807, 2.05) is 57.2 Å². The summed E-state index contributed by atoms with van der Waals surface area (Å²) in [6, 6.07) is 13.9. The number of nitrogens with one attached hydrogen (secondary N) is 1. The maximum atomic E-state index is 12.8. The van der Waals surface area contributed by atoms with Crippen LogP contribution in [0.5, 0.6) is 5.75 Å². The fraction of sp³-hybridized carbons (Fsp3) is 0.381. The molecule has 1 unspecified atom stereocenters. The molecule has 0 aliphatic heterocycles. The Balaban J connectivity index is 2.20. The number of amides is 1. The highest BCUT2D eigenvalue weighted by Crippen LogP contribution is 2.28. The van der Waals surface area contributed by atoms with Crippen LogP contribution in [0.2, 0.25) is 0 Å². The van der Waals surface area contributed by atoms with E-state index in [-0.39, 0.29) is 5.91 Å². The van der Waals surface area contributed by atoms with Crippen LogP contribution in [0, 0.1) is 13.8 Å². The lowest BCUT2D eigenvalue weighted by molar-refractivity contribution is -0.122. The predicted octanol–water partition coefficient (Wildman–Crippen LogP) is 5.22. The molecule has 0 aliphatic rings. The Morgan fingerprint density at radius 2 is 1.71 bits per heavy atom. The van der Waals surface area contributed by atoms with Crippen LogP contribution in [0.1, 0.15) is 49.8 Å². The lowest BCUT2D eigenvalue weighted by Crippen LogP contribution is -2.33. The Labute approximate surface area is 145 Å². The molecular formula is C21H27NO2. The zero-order chi connectivity index (χ0) is 17.7. The molecule has 0 saturated heterocycles. The number of anilines is 1. The van der Waals surface area contributed by atoms with Gasteiger partial charge in [-0.25, -0.2) is 0 Å². The monoisotopic (exact) mass is 325 g/mol. The topological polar surface area (TPSA) is 38.3 Å². The molecule has 24 heavy (non-hydrogen) atoms. The molecule has 2 rings (SSSR count). The molecule has 0 saturated carbocycles. The standard InChI is InChI=1S/C21H27NO2/c1-6-18(24-19-13-8-7-10-15(19)4)21(23)22-20-16(5)11-9-12-17(20)14(2)3/h7-14,18H,6H2,1-5H3,(H,22,23). The van der Waals surface area contributed by atoms with Gasteiger partial charge in [0.1, 0.15) is 5.75 Å². The molecule has 1 amide bonds. The van der Waals surface area contributed by atoms with Crippen molar-refractivity contribution in [3.05, 3.63) is 59.2 Å². The highest BCUT2D eigenvalue weighted by atomic mass is 16.5. The molecule has 2 aromatic rings. The highest BCUT2D eigenvalue weighted by molar-refractivity contribution is 5.95. The Bertz CT molecular complexity index is 707. The Kier molecular flexibility index (Phi) is 6.02. The molecule has 1 atom stereocenters. The summed E-state index contributed by atoms with van der Waals surface area (Å²) in [4.78, 5) is 12.8. The summed E-state index contributed by atoms with van der Waals surface area (Å²) >= 11 is 0. The van der Waals surface area contributed by atoms with Gasteiger partial charge in [0.25, 0.3) is 5.91 Å². The molecule has 0 radical (unpaired) electrons. The van der Waals surface area contributed by atoms with Gasteiger partial charge in [0.2, 0.25) is 0 Å². The molecule has 0 bridgehead atoms. The van der Waals surface area contributed by atoms with Crippen LogP contribution in [0.4, 0.5) is 5.69 Å². The molecule has 3 nitrogen and oxygen atoms in total. The van der Waals surface area contributed by atoms with Crippen molar-refractivity contribution in [3.63, 3.8) is 0 Å². The second-order valence-electron chi connectivity index (χ2n) is 6.46. The van der Waals surface area contributed by atoms with Gasteiger partial charge in [-0.15, -0.1) is 0 Å². The number of para-hydroxylation sites is 2. The summed E-state index contributed by atoms with van der Waals surface area (Å²) in [6.07, 6.45) is 0.106. The second kappa shape index (κ2) is 8.00. The second-order valence-corrected chi connectivity index (χ2v) is 6.46. The average Bonchev–Trinajstić information content (AvgIpc) is 2.55. The first-order chi connectivity index (χ1) is 11.4. The molecular weight excluding hydrogens is 298 g/mol.